The lowest BCUT2D eigenvalue weighted by atomic mass is 10.2. The number of carbonyl (C=O) groups is 3. The van der Waals surface area contributed by atoms with Crippen molar-refractivity contribution in [2.24, 2.45) is 0 Å². The number of esters is 2. The quantitative estimate of drug-likeness (QED) is 0.571. The highest BCUT2D eigenvalue weighted by Crippen LogP contribution is 2.36. The lowest BCUT2D eigenvalue weighted by Gasteiger charge is -2.11. The van der Waals surface area contributed by atoms with Gasteiger partial charge in [0.1, 0.15) is 5.00 Å². The molecule has 0 bridgehead atoms. The number of carbonyl (C=O) groups excluding carboxylic acids is 3. The average molecular weight is 456 g/mol. The van der Waals surface area contributed by atoms with Crippen molar-refractivity contribution < 1.29 is 33.3 Å². The minimum Gasteiger partial charge on any atom is -0.493 e. The lowest BCUT2D eigenvalue weighted by Crippen LogP contribution is -2.21. The van der Waals surface area contributed by atoms with E-state index < -0.39 is 24.5 Å². The van der Waals surface area contributed by atoms with Crippen LogP contribution >= 0.6 is 22.9 Å². The summed E-state index contributed by atoms with van der Waals surface area (Å²) in [5.41, 5.74) is 0.368. The predicted molar refractivity (Wildman–Crippen MR) is 113 cm³/mol. The fraction of sp³-hybridized carbons (Fsp3) is 0.350. The van der Waals surface area contributed by atoms with Gasteiger partial charge in [0.15, 0.2) is 18.1 Å². The molecule has 30 heavy (non-hydrogen) atoms. The zero-order valence-electron chi connectivity index (χ0n) is 17.0. The zero-order chi connectivity index (χ0) is 22.3. The Bertz CT molecular complexity index is 941. The monoisotopic (exact) mass is 455 g/mol. The van der Waals surface area contributed by atoms with Crippen molar-refractivity contribution in [3.63, 3.8) is 0 Å². The first-order valence-corrected chi connectivity index (χ1v) is 10.2. The Hall–Kier alpha value is -2.78. The third-order valence-corrected chi connectivity index (χ3v) is 5.36. The van der Waals surface area contributed by atoms with E-state index in [1.54, 1.807) is 13.0 Å². The van der Waals surface area contributed by atoms with Gasteiger partial charge in [-0.2, -0.15) is 0 Å². The second-order valence-electron chi connectivity index (χ2n) is 5.85. The van der Waals surface area contributed by atoms with Crippen LogP contribution in [0.15, 0.2) is 18.2 Å². The van der Waals surface area contributed by atoms with Gasteiger partial charge in [0.25, 0.3) is 5.91 Å². The summed E-state index contributed by atoms with van der Waals surface area (Å²) in [6.45, 7) is 3.30. The van der Waals surface area contributed by atoms with E-state index in [2.05, 4.69) is 5.32 Å². The van der Waals surface area contributed by atoms with Crippen molar-refractivity contribution in [1.29, 1.82) is 0 Å². The number of hydrogen-bond acceptors (Lipinski definition) is 8. The van der Waals surface area contributed by atoms with Crippen LogP contribution in [0.3, 0.4) is 0 Å². The van der Waals surface area contributed by atoms with Crippen LogP contribution in [0.5, 0.6) is 11.5 Å². The molecule has 2 aromatic rings. The maximum atomic E-state index is 12.3. The second-order valence-corrected chi connectivity index (χ2v) is 7.39. The summed E-state index contributed by atoms with van der Waals surface area (Å²) in [4.78, 5) is 37.6. The van der Waals surface area contributed by atoms with Gasteiger partial charge in [-0.25, -0.2) is 9.59 Å². The molecule has 1 aromatic carbocycles. The van der Waals surface area contributed by atoms with Crippen molar-refractivity contribution in [3.8, 4) is 11.5 Å². The molecule has 0 spiro atoms. The van der Waals surface area contributed by atoms with Crippen molar-refractivity contribution in [2.45, 2.75) is 20.3 Å². The minimum absolute atomic E-state index is 0.0991. The van der Waals surface area contributed by atoms with Crippen LogP contribution in [0.4, 0.5) is 5.00 Å². The van der Waals surface area contributed by atoms with Crippen LogP contribution in [-0.4, -0.2) is 45.3 Å². The van der Waals surface area contributed by atoms with E-state index in [1.807, 2.05) is 6.92 Å². The summed E-state index contributed by atoms with van der Waals surface area (Å²) in [5.74, 6) is -1.35. The highest BCUT2D eigenvalue weighted by Gasteiger charge is 2.20. The topological polar surface area (TPSA) is 100 Å². The van der Waals surface area contributed by atoms with Gasteiger partial charge in [0.05, 0.1) is 37.0 Å². The van der Waals surface area contributed by atoms with Crippen molar-refractivity contribution in [1.82, 2.24) is 0 Å². The highest BCUT2D eigenvalue weighted by molar-refractivity contribution is 7.16. The summed E-state index contributed by atoms with van der Waals surface area (Å²) in [6.07, 6.45) is 0.696. The molecule has 0 unspecified atom stereocenters. The van der Waals surface area contributed by atoms with Gasteiger partial charge in [0, 0.05) is 4.88 Å². The fourth-order valence-electron chi connectivity index (χ4n) is 2.48. The number of amides is 1. The number of rotatable bonds is 9. The SMILES string of the molecule is CCOC(=O)c1cc(CC)sc1NC(=O)COC(=O)c1cc(Cl)c(OC)c(OC)c1. The molecule has 10 heteroatoms. The molecule has 0 aliphatic carbocycles. The third kappa shape index (κ3) is 5.64. The molecule has 0 aliphatic heterocycles. The smallest absolute Gasteiger partial charge is 0.341 e. The van der Waals surface area contributed by atoms with Gasteiger partial charge in [-0.15, -0.1) is 11.3 Å². The van der Waals surface area contributed by atoms with Crippen molar-refractivity contribution in [2.75, 3.05) is 32.8 Å². The molecule has 0 saturated heterocycles. The largest absolute Gasteiger partial charge is 0.493 e. The number of ether oxygens (including phenoxy) is 4. The minimum atomic E-state index is -0.765. The molecule has 1 amide bonds. The summed E-state index contributed by atoms with van der Waals surface area (Å²) in [6, 6.07) is 4.43. The van der Waals surface area contributed by atoms with E-state index in [-0.39, 0.29) is 34.3 Å². The van der Waals surface area contributed by atoms with Crippen molar-refractivity contribution >= 4 is 45.8 Å². The molecule has 0 aliphatic rings. The Morgan fingerprint density at radius 3 is 2.37 bits per heavy atom. The molecule has 0 saturated carbocycles. The van der Waals surface area contributed by atoms with Crippen LogP contribution in [-0.2, 0) is 20.7 Å². The van der Waals surface area contributed by atoms with Crippen LogP contribution in [0.2, 0.25) is 5.02 Å². The van der Waals surface area contributed by atoms with Crippen LogP contribution < -0.4 is 14.8 Å². The van der Waals surface area contributed by atoms with E-state index in [4.69, 9.17) is 30.5 Å². The van der Waals surface area contributed by atoms with Crippen LogP contribution in [0.25, 0.3) is 0 Å². The molecular formula is C20H22ClNO7S. The Balaban J connectivity index is 2.06. The van der Waals surface area contributed by atoms with Gasteiger partial charge in [-0.3, -0.25) is 4.79 Å². The third-order valence-electron chi connectivity index (χ3n) is 3.88. The number of thiophene rings is 1. The number of benzene rings is 1. The van der Waals surface area contributed by atoms with Gasteiger partial charge in [-0.1, -0.05) is 18.5 Å². The average Bonchev–Trinajstić information content (AvgIpc) is 3.14. The van der Waals surface area contributed by atoms with Gasteiger partial charge in [0.2, 0.25) is 0 Å². The first kappa shape index (κ1) is 23.5. The van der Waals surface area contributed by atoms with Crippen molar-refractivity contribution in [3.05, 3.63) is 39.2 Å². The maximum absolute atomic E-state index is 12.3. The molecule has 1 aromatic heterocycles. The van der Waals surface area contributed by atoms with Crippen LogP contribution in [0.1, 0.15) is 39.4 Å². The molecule has 162 valence electrons. The fourth-order valence-corrected chi connectivity index (χ4v) is 3.77. The first-order chi connectivity index (χ1) is 14.3. The summed E-state index contributed by atoms with van der Waals surface area (Å²) in [7, 11) is 2.83. The second kappa shape index (κ2) is 10.8. The molecule has 2 rings (SSSR count). The number of hydrogen-bond donors (Lipinski definition) is 1. The maximum Gasteiger partial charge on any atom is 0.341 e. The normalized spacial score (nSPS) is 10.3. The van der Waals surface area contributed by atoms with E-state index in [1.165, 1.54) is 37.7 Å². The van der Waals surface area contributed by atoms with Crippen LogP contribution in [0, 0.1) is 0 Å². The summed E-state index contributed by atoms with van der Waals surface area (Å²) >= 11 is 7.34. The number of halogens is 1. The first-order valence-electron chi connectivity index (χ1n) is 9.02. The summed E-state index contributed by atoms with van der Waals surface area (Å²) < 4.78 is 20.3. The van der Waals surface area contributed by atoms with Gasteiger partial charge >= 0.3 is 11.9 Å². The van der Waals surface area contributed by atoms with E-state index >= 15 is 0 Å². The lowest BCUT2D eigenvalue weighted by molar-refractivity contribution is -0.119. The Morgan fingerprint density at radius 1 is 1.03 bits per heavy atom. The Kier molecular flexibility index (Phi) is 8.49. The van der Waals surface area contributed by atoms with Gasteiger partial charge in [-0.05, 0) is 31.5 Å². The molecular weight excluding hydrogens is 434 g/mol. The van der Waals surface area contributed by atoms with E-state index in [0.29, 0.717) is 11.4 Å². The number of aryl methyl sites for hydroxylation is 1. The number of methoxy groups -OCH3 is 2. The molecule has 0 fully saturated rings. The highest BCUT2D eigenvalue weighted by atomic mass is 35.5. The Morgan fingerprint density at radius 2 is 1.77 bits per heavy atom. The van der Waals surface area contributed by atoms with E-state index in [0.717, 1.165) is 4.88 Å². The molecule has 0 radical (unpaired) electrons. The predicted octanol–water partition coefficient (Wildman–Crippen LogP) is 3.95. The van der Waals surface area contributed by atoms with Gasteiger partial charge < -0.3 is 24.3 Å². The summed E-state index contributed by atoms with van der Waals surface area (Å²) in [5, 5.41) is 3.11. The Labute approximate surface area is 183 Å². The molecule has 1 N–H and O–H groups in total. The number of nitrogens with one attached hydrogen (secondary N) is 1. The molecule has 8 nitrogen and oxygen atoms in total. The van der Waals surface area contributed by atoms with E-state index in [9.17, 15) is 14.4 Å². The molecule has 1 heterocycles. The molecule has 0 atom stereocenters. The standard InChI is InChI=1S/C20H22ClNO7S/c1-5-12-9-13(20(25)28-6-2)18(30-12)22-16(23)10-29-19(24)11-7-14(21)17(27-4)15(8-11)26-3/h7-9H,5-6,10H2,1-4H3,(H,22,23). The number of anilines is 1. The zero-order valence-corrected chi connectivity index (χ0v) is 18.6.